The molecule has 2 heterocycles. The second-order valence-electron chi connectivity index (χ2n) is 8.99. The number of rotatable bonds is 9. The van der Waals surface area contributed by atoms with E-state index >= 15 is 0 Å². The third-order valence-corrected chi connectivity index (χ3v) is 6.81. The van der Waals surface area contributed by atoms with E-state index in [9.17, 15) is 0 Å². The van der Waals surface area contributed by atoms with Gasteiger partial charge in [0.05, 0.1) is 33.5 Å². The van der Waals surface area contributed by atoms with Gasteiger partial charge >= 0.3 is 0 Å². The van der Waals surface area contributed by atoms with Crippen molar-refractivity contribution in [3.63, 3.8) is 0 Å². The van der Waals surface area contributed by atoms with Gasteiger partial charge in [0.25, 0.3) is 0 Å². The first-order valence-corrected chi connectivity index (χ1v) is 12.6. The molecule has 0 amide bonds. The van der Waals surface area contributed by atoms with Crippen molar-refractivity contribution in [2.75, 3.05) is 34.0 Å². The molecule has 3 aromatic carbocycles. The molecule has 188 valence electrons. The Morgan fingerprint density at radius 1 is 0.806 bits per heavy atom. The number of H-pyrrole nitrogens is 1. The summed E-state index contributed by atoms with van der Waals surface area (Å²) in [6.45, 7) is 6.16. The van der Waals surface area contributed by atoms with Gasteiger partial charge in [-0.05, 0) is 60.4 Å². The zero-order valence-corrected chi connectivity index (χ0v) is 21.4. The van der Waals surface area contributed by atoms with Gasteiger partial charge in [-0.1, -0.05) is 37.3 Å². The van der Waals surface area contributed by atoms with Crippen LogP contribution in [0.25, 0.3) is 10.9 Å². The van der Waals surface area contributed by atoms with E-state index in [0.29, 0.717) is 13.2 Å². The molecule has 6 nitrogen and oxygen atoms in total. The molecule has 6 heteroatoms. The molecule has 4 aromatic rings. The number of fused-ring (bicyclic) bond motifs is 3. The summed E-state index contributed by atoms with van der Waals surface area (Å²) in [5.74, 6) is 3.20. The van der Waals surface area contributed by atoms with Gasteiger partial charge in [0, 0.05) is 29.1 Å². The smallest absolute Gasteiger partial charge is 0.161 e. The number of benzene rings is 3. The third kappa shape index (κ3) is 4.37. The molecule has 0 aliphatic carbocycles. The fourth-order valence-corrected chi connectivity index (χ4v) is 5.17. The summed E-state index contributed by atoms with van der Waals surface area (Å²) in [5, 5.41) is 5.03. The quantitative estimate of drug-likeness (QED) is 0.295. The van der Waals surface area contributed by atoms with Crippen LogP contribution in [0.15, 0.2) is 60.7 Å². The number of aromatic amines is 1. The monoisotopic (exact) mass is 486 g/mol. The van der Waals surface area contributed by atoms with Crippen LogP contribution < -0.4 is 24.3 Å². The second-order valence-corrected chi connectivity index (χ2v) is 8.99. The molecule has 0 saturated carbocycles. The molecule has 0 radical (unpaired) electrons. The first-order chi connectivity index (χ1) is 17.7. The van der Waals surface area contributed by atoms with Gasteiger partial charge in [0.2, 0.25) is 0 Å². The molecule has 0 fully saturated rings. The standard InChI is InChI=1S/C30H34N2O4/c1-5-15-36-25-14-11-19(16-27(25)35-6-2)22-18-31-29(20-12-13-24(33-3)26(17-20)34-4)30-28(22)21-9-7-8-10-23(21)32-30/h7-14,16-17,22,29,31-32H,5-6,15,18H2,1-4H3. The van der Waals surface area contributed by atoms with E-state index in [1.165, 1.54) is 22.2 Å². The van der Waals surface area contributed by atoms with E-state index in [4.69, 9.17) is 18.9 Å². The van der Waals surface area contributed by atoms with Crippen LogP contribution in [0.3, 0.4) is 0 Å². The van der Waals surface area contributed by atoms with Gasteiger partial charge in [-0.25, -0.2) is 0 Å². The summed E-state index contributed by atoms with van der Waals surface area (Å²) in [6, 6.07) is 21.0. The minimum atomic E-state index is 0.00183. The fourth-order valence-electron chi connectivity index (χ4n) is 5.17. The zero-order chi connectivity index (χ0) is 25.1. The molecule has 5 rings (SSSR count). The van der Waals surface area contributed by atoms with Crippen LogP contribution in [0, 0.1) is 0 Å². The Balaban J connectivity index is 1.60. The van der Waals surface area contributed by atoms with Gasteiger partial charge in [0.1, 0.15) is 0 Å². The number of hydrogen-bond acceptors (Lipinski definition) is 5. The summed E-state index contributed by atoms with van der Waals surface area (Å²) < 4.78 is 23.0. The maximum Gasteiger partial charge on any atom is 0.161 e. The van der Waals surface area contributed by atoms with Crippen LogP contribution >= 0.6 is 0 Å². The van der Waals surface area contributed by atoms with E-state index < -0.39 is 0 Å². The first-order valence-electron chi connectivity index (χ1n) is 12.6. The van der Waals surface area contributed by atoms with Gasteiger partial charge < -0.3 is 29.2 Å². The predicted octanol–water partition coefficient (Wildman–Crippen LogP) is 6.20. The fraction of sp³-hybridized carbons (Fsp3) is 0.333. The number of methoxy groups -OCH3 is 2. The molecule has 36 heavy (non-hydrogen) atoms. The third-order valence-electron chi connectivity index (χ3n) is 6.81. The number of aromatic nitrogens is 1. The lowest BCUT2D eigenvalue weighted by atomic mass is 9.83. The van der Waals surface area contributed by atoms with Gasteiger partial charge in [-0.15, -0.1) is 0 Å². The molecule has 2 unspecified atom stereocenters. The van der Waals surface area contributed by atoms with Crippen LogP contribution in [-0.4, -0.2) is 39.0 Å². The highest BCUT2D eigenvalue weighted by Crippen LogP contribution is 2.44. The zero-order valence-electron chi connectivity index (χ0n) is 21.4. The van der Waals surface area contributed by atoms with Crippen molar-refractivity contribution in [1.29, 1.82) is 0 Å². The maximum atomic E-state index is 5.98. The lowest BCUT2D eigenvalue weighted by molar-refractivity contribution is 0.276. The average Bonchev–Trinajstić information content (AvgIpc) is 3.31. The van der Waals surface area contributed by atoms with E-state index in [1.807, 2.05) is 19.1 Å². The molecule has 1 aliphatic rings. The van der Waals surface area contributed by atoms with E-state index in [0.717, 1.165) is 47.0 Å². The van der Waals surface area contributed by atoms with E-state index in [1.54, 1.807) is 14.2 Å². The summed E-state index contributed by atoms with van der Waals surface area (Å²) in [7, 11) is 3.33. The summed E-state index contributed by atoms with van der Waals surface area (Å²) in [6.07, 6.45) is 0.954. The predicted molar refractivity (Wildman–Crippen MR) is 143 cm³/mol. The highest BCUT2D eigenvalue weighted by molar-refractivity contribution is 5.86. The Hall–Kier alpha value is -3.64. The number of hydrogen-bond donors (Lipinski definition) is 2. The Kier molecular flexibility index (Phi) is 7.05. The van der Waals surface area contributed by atoms with E-state index in [2.05, 4.69) is 65.8 Å². The molecule has 1 aliphatic heterocycles. The average molecular weight is 487 g/mol. The van der Waals surface area contributed by atoms with Crippen molar-refractivity contribution in [3.05, 3.63) is 83.0 Å². The van der Waals surface area contributed by atoms with Crippen molar-refractivity contribution in [2.45, 2.75) is 32.2 Å². The molecular weight excluding hydrogens is 452 g/mol. The van der Waals surface area contributed by atoms with Crippen molar-refractivity contribution in [3.8, 4) is 23.0 Å². The number of nitrogens with one attached hydrogen (secondary N) is 2. The molecule has 0 bridgehead atoms. The van der Waals surface area contributed by atoms with Crippen molar-refractivity contribution >= 4 is 10.9 Å². The maximum absolute atomic E-state index is 5.98. The SMILES string of the molecule is CCCOc1ccc(C2CNC(c3ccc(OC)c(OC)c3)c3[nH]c4ccccc4c32)cc1OCC. The van der Waals surface area contributed by atoms with E-state index in [-0.39, 0.29) is 12.0 Å². The summed E-state index contributed by atoms with van der Waals surface area (Å²) in [5.41, 5.74) is 5.94. The Labute approximate surface area is 212 Å². The molecule has 2 N–H and O–H groups in total. The minimum absolute atomic E-state index is 0.00183. The Bertz CT molecular complexity index is 1350. The molecular formula is C30H34N2O4. The number of ether oxygens (including phenoxy) is 4. The molecule has 0 spiro atoms. The van der Waals surface area contributed by atoms with Crippen molar-refractivity contribution in [2.24, 2.45) is 0 Å². The second kappa shape index (κ2) is 10.5. The molecule has 0 saturated heterocycles. The summed E-state index contributed by atoms with van der Waals surface area (Å²) in [4.78, 5) is 3.72. The normalized spacial score (nSPS) is 17.0. The molecule has 2 atom stereocenters. The Morgan fingerprint density at radius 3 is 2.33 bits per heavy atom. The largest absolute Gasteiger partial charge is 0.493 e. The summed E-state index contributed by atoms with van der Waals surface area (Å²) >= 11 is 0. The molecule has 1 aromatic heterocycles. The minimum Gasteiger partial charge on any atom is -0.493 e. The lowest BCUT2D eigenvalue weighted by Crippen LogP contribution is -2.34. The highest BCUT2D eigenvalue weighted by atomic mass is 16.5. The first kappa shape index (κ1) is 24.1. The Morgan fingerprint density at radius 2 is 1.56 bits per heavy atom. The van der Waals surface area contributed by atoms with Crippen LogP contribution in [0.2, 0.25) is 0 Å². The lowest BCUT2D eigenvalue weighted by Gasteiger charge is -2.32. The van der Waals surface area contributed by atoms with Crippen LogP contribution in [-0.2, 0) is 0 Å². The number of para-hydroxylation sites is 1. The topological polar surface area (TPSA) is 64.7 Å². The van der Waals surface area contributed by atoms with Crippen LogP contribution in [0.4, 0.5) is 0 Å². The van der Waals surface area contributed by atoms with Crippen LogP contribution in [0.1, 0.15) is 54.6 Å². The van der Waals surface area contributed by atoms with Crippen molar-refractivity contribution in [1.82, 2.24) is 10.3 Å². The van der Waals surface area contributed by atoms with Gasteiger partial charge in [0.15, 0.2) is 23.0 Å². The van der Waals surface area contributed by atoms with Crippen molar-refractivity contribution < 1.29 is 18.9 Å². The van der Waals surface area contributed by atoms with Gasteiger partial charge in [-0.2, -0.15) is 0 Å². The highest BCUT2D eigenvalue weighted by Gasteiger charge is 2.33. The van der Waals surface area contributed by atoms with Gasteiger partial charge in [-0.3, -0.25) is 0 Å². The van der Waals surface area contributed by atoms with Crippen LogP contribution in [0.5, 0.6) is 23.0 Å².